The normalized spacial score (nSPS) is 20.0. The number of morpholine rings is 1. The van der Waals surface area contributed by atoms with Crippen LogP contribution in [-0.4, -0.2) is 91.0 Å². The molecule has 14 heteroatoms. The minimum atomic E-state index is -2.17. The third kappa shape index (κ3) is 5.38. The van der Waals surface area contributed by atoms with Gasteiger partial charge >= 0.3 is 0 Å². The van der Waals surface area contributed by atoms with Crippen molar-refractivity contribution in [2.75, 3.05) is 66.5 Å². The molecule has 3 saturated heterocycles. The molecule has 3 aromatic heterocycles. The highest BCUT2D eigenvalue weighted by Gasteiger charge is 2.31. The van der Waals surface area contributed by atoms with Crippen molar-refractivity contribution >= 4 is 51.0 Å². The standard InChI is InChI=1S/C29H35N9O4S/c1-19-6-4-7-20-26(19)28(33-27(31-20)29(39)30-18-43(40)41)37-11-3-2-8-22(37)21-16-24-32-23(35-9-5-10-35)17-25(38(24)34-21)36-12-14-42-15-13-36/h4,6-7,16-17,22H,2-3,5,8-15,18H2,1H3,(H,30,39)(H,40,41). The fourth-order valence-electron chi connectivity index (χ4n) is 6.19. The van der Waals surface area contributed by atoms with Crippen LogP contribution in [-0.2, 0) is 15.8 Å². The molecule has 6 heterocycles. The Morgan fingerprint density at radius 2 is 1.88 bits per heavy atom. The van der Waals surface area contributed by atoms with Crippen LogP contribution in [0, 0.1) is 6.92 Å². The van der Waals surface area contributed by atoms with Gasteiger partial charge in [0, 0.05) is 50.2 Å². The molecule has 0 radical (unpaired) electrons. The summed E-state index contributed by atoms with van der Waals surface area (Å²) in [6, 6.07) is 9.95. The maximum atomic E-state index is 12.9. The number of rotatable bonds is 7. The summed E-state index contributed by atoms with van der Waals surface area (Å²) in [5.74, 6) is 1.65. The molecule has 4 aromatic rings. The molecule has 3 aliphatic rings. The number of hydrogen-bond donors (Lipinski definition) is 2. The lowest BCUT2D eigenvalue weighted by Crippen LogP contribution is -2.40. The summed E-state index contributed by atoms with van der Waals surface area (Å²) in [6.45, 7) is 7.72. The van der Waals surface area contributed by atoms with E-state index in [-0.39, 0.29) is 11.9 Å². The maximum absolute atomic E-state index is 12.9. The number of ether oxygens (including phenoxy) is 1. The van der Waals surface area contributed by atoms with Crippen LogP contribution in [0.5, 0.6) is 0 Å². The van der Waals surface area contributed by atoms with Crippen molar-refractivity contribution in [3.8, 4) is 0 Å². The van der Waals surface area contributed by atoms with E-state index in [4.69, 9.17) is 19.8 Å². The third-order valence-corrected chi connectivity index (χ3v) is 8.91. The number of hydrogen-bond acceptors (Lipinski definition) is 10. The van der Waals surface area contributed by atoms with E-state index in [1.54, 1.807) is 0 Å². The van der Waals surface area contributed by atoms with E-state index in [0.29, 0.717) is 24.5 Å². The van der Waals surface area contributed by atoms with Crippen molar-refractivity contribution in [1.82, 2.24) is 29.9 Å². The van der Waals surface area contributed by atoms with Crippen molar-refractivity contribution in [1.29, 1.82) is 0 Å². The van der Waals surface area contributed by atoms with Gasteiger partial charge in [0.05, 0.1) is 30.5 Å². The molecule has 7 rings (SSSR count). The van der Waals surface area contributed by atoms with Crippen LogP contribution in [0.4, 0.5) is 17.5 Å². The quantitative estimate of drug-likeness (QED) is 0.300. The SMILES string of the molecule is Cc1cccc2nc(C(=O)NCS(=O)O)nc(N3CCCCC3c3cc4nc(N5CCC5)cc(N5CCOCC5)n4n3)c12. The fourth-order valence-corrected chi connectivity index (χ4v) is 6.45. The second-order valence-corrected chi connectivity index (χ2v) is 12.2. The number of carbonyl (C=O) groups is 1. The molecule has 3 aliphatic heterocycles. The third-order valence-electron chi connectivity index (χ3n) is 8.52. The molecule has 3 fully saturated rings. The number of fused-ring (bicyclic) bond motifs is 2. The van der Waals surface area contributed by atoms with Gasteiger partial charge in [0.25, 0.3) is 5.91 Å². The highest BCUT2D eigenvalue weighted by Crippen LogP contribution is 2.39. The lowest BCUT2D eigenvalue weighted by molar-refractivity contribution is 0.0949. The predicted octanol–water partition coefficient (Wildman–Crippen LogP) is 2.67. The summed E-state index contributed by atoms with van der Waals surface area (Å²) >= 11 is -2.17. The van der Waals surface area contributed by atoms with Gasteiger partial charge in [-0.25, -0.2) is 19.2 Å². The predicted molar refractivity (Wildman–Crippen MR) is 164 cm³/mol. The Morgan fingerprint density at radius 3 is 2.65 bits per heavy atom. The Morgan fingerprint density at radius 1 is 1.05 bits per heavy atom. The largest absolute Gasteiger partial charge is 0.378 e. The first-order chi connectivity index (χ1) is 21.0. The van der Waals surface area contributed by atoms with Crippen LogP contribution in [0.25, 0.3) is 16.6 Å². The fraction of sp³-hybridized carbons (Fsp3) is 0.483. The molecule has 1 amide bonds. The van der Waals surface area contributed by atoms with Crippen molar-refractivity contribution in [3.63, 3.8) is 0 Å². The monoisotopic (exact) mass is 605 g/mol. The number of amides is 1. The smallest absolute Gasteiger partial charge is 0.289 e. The lowest BCUT2D eigenvalue weighted by Gasteiger charge is -2.36. The molecule has 1 aromatic carbocycles. The Labute approximate surface area is 251 Å². The number of piperidine rings is 1. The topological polar surface area (TPSA) is 141 Å². The molecule has 0 bridgehead atoms. The molecule has 2 unspecified atom stereocenters. The van der Waals surface area contributed by atoms with E-state index >= 15 is 0 Å². The van der Waals surface area contributed by atoms with Gasteiger partial charge in [-0.15, -0.1) is 0 Å². The van der Waals surface area contributed by atoms with E-state index in [0.717, 1.165) is 85.9 Å². The zero-order chi connectivity index (χ0) is 29.5. The molecular formula is C29H35N9O4S. The molecule has 43 heavy (non-hydrogen) atoms. The molecular weight excluding hydrogens is 570 g/mol. The molecule has 0 spiro atoms. The van der Waals surface area contributed by atoms with Crippen LogP contribution in [0.3, 0.4) is 0 Å². The van der Waals surface area contributed by atoms with Gasteiger partial charge in [0.2, 0.25) is 5.82 Å². The van der Waals surface area contributed by atoms with Gasteiger partial charge in [-0.1, -0.05) is 12.1 Å². The molecule has 226 valence electrons. The van der Waals surface area contributed by atoms with Crippen LogP contribution >= 0.6 is 0 Å². The number of anilines is 3. The molecule has 13 nitrogen and oxygen atoms in total. The maximum Gasteiger partial charge on any atom is 0.289 e. The van der Waals surface area contributed by atoms with Crippen LogP contribution in [0.2, 0.25) is 0 Å². The van der Waals surface area contributed by atoms with Crippen LogP contribution < -0.4 is 20.0 Å². The first-order valence-corrected chi connectivity index (χ1v) is 16.1. The zero-order valence-electron chi connectivity index (χ0n) is 24.1. The first-order valence-electron chi connectivity index (χ1n) is 14.8. The summed E-state index contributed by atoms with van der Waals surface area (Å²) in [5, 5.41) is 8.51. The minimum absolute atomic E-state index is 0.0339. The van der Waals surface area contributed by atoms with Crippen molar-refractivity contribution in [3.05, 3.63) is 47.4 Å². The van der Waals surface area contributed by atoms with Gasteiger partial charge in [-0.2, -0.15) is 9.61 Å². The summed E-state index contributed by atoms with van der Waals surface area (Å²) in [4.78, 5) is 34.1. The Balaban J connectivity index is 1.32. The Bertz CT molecular complexity index is 1700. The molecule has 2 atom stereocenters. The van der Waals surface area contributed by atoms with Gasteiger partial charge in [-0.3, -0.25) is 4.79 Å². The second kappa shape index (κ2) is 11.7. The van der Waals surface area contributed by atoms with Gasteiger partial charge < -0.3 is 29.3 Å². The second-order valence-electron chi connectivity index (χ2n) is 11.3. The number of aromatic nitrogens is 5. The number of nitrogens with zero attached hydrogens (tertiary/aromatic N) is 8. The number of aryl methyl sites for hydroxylation is 1. The lowest BCUT2D eigenvalue weighted by atomic mass is 9.98. The zero-order valence-corrected chi connectivity index (χ0v) is 24.9. The van der Waals surface area contributed by atoms with Gasteiger partial charge in [0.1, 0.15) is 23.3 Å². The van der Waals surface area contributed by atoms with E-state index in [1.165, 1.54) is 6.42 Å². The van der Waals surface area contributed by atoms with E-state index in [9.17, 15) is 13.6 Å². The molecule has 0 aliphatic carbocycles. The number of nitrogens with one attached hydrogen (secondary N) is 1. The Kier molecular flexibility index (Phi) is 7.57. The van der Waals surface area contributed by atoms with Crippen molar-refractivity contribution < 1.29 is 18.3 Å². The minimum Gasteiger partial charge on any atom is -0.378 e. The summed E-state index contributed by atoms with van der Waals surface area (Å²) in [5.41, 5.74) is 3.37. The Hall–Kier alpha value is -3.88. The molecule has 2 N–H and O–H groups in total. The number of carbonyl (C=O) groups excluding carboxylic acids is 1. The molecule has 0 saturated carbocycles. The first kappa shape index (κ1) is 27.9. The summed E-state index contributed by atoms with van der Waals surface area (Å²) in [6.07, 6.45) is 4.06. The van der Waals surface area contributed by atoms with E-state index in [2.05, 4.69) is 37.1 Å². The average molecular weight is 606 g/mol. The van der Waals surface area contributed by atoms with Crippen LogP contribution in [0.15, 0.2) is 30.3 Å². The van der Waals surface area contributed by atoms with Gasteiger partial charge in [0.15, 0.2) is 16.7 Å². The highest BCUT2D eigenvalue weighted by atomic mass is 32.2. The van der Waals surface area contributed by atoms with Crippen molar-refractivity contribution in [2.24, 2.45) is 0 Å². The van der Waals surface area contributed by atoms with Crippen LogP contribution in [0.1, 0.15) is 53.6 Å². The summed E-state index contributed by atoms with van der Waals surface area (Å²) < 4.78 is 28.0. The van der Waals surface area contributed by atoms with Gasteiger partial charge in [-0.05, 0) is 44.2 Å². The average Bonchev–Trinajstić information content (AvgIpc) is 3.43. The number of benzene rings is 1. The van der Waals surface area contributed by atoms with E-state index < -0.39 is 22.9 Å². The van der Waals surface area contributed by atoms with E-state index in [1.807, 2.05) is 29.6 Å². The highest BCUT2D eigenvalue weighted by molar-refractivity contribution is 7.79. The van der Waals surface area contributed by atoms with Crippen molar-refractivity contribution in [2.45, 2.75) is 38.6 Å². The summed E-state index contributed by atoms with van der Waals surface area (Å²) in [7, 11) is 0.